The Morgan fingerprint density at radius 2 is 1.39 bits per heavy atom. The van der Waals surface area contributed by atoms with Crippen molar-refractivity contribution in [3.63, 3.8) is 0 Å². The quantitative estimate of drug-likeness (QED) is 0.514. The van der Waals surface area contributed by atoms with Gasteiger partial charge in [0.1, 0.15) is 0 Å². The molecule has 102 valence electrons. The van der Waals surface area contributed by atoms with Crippen LogP contribution in [0.15, 0.2) is 30.3 Å². The maximum absolute atomic E-state index is 6.18. The Morgan fingerprint density at radius 1 is 0.833 bits per heavy atom. The lowest BCUT2D eigenvalue weighted by molar-refractivity contribution is 0.399. The zero-order valence-corrected chi connectivity index (χ0v) is 11.7. The Balaban J connectivity index is 2.18. The fraction of sp³-hybridized carbons (Fsp3) is 0.625. The van der Waals surface area contributed by atoms with Crippen molar-refractivity contribution < 1.29 is 0 Å². The second-order valence-corrected chi connectivity index (χ2v) is 5.28. The van der Waals surface area contributed by atoms with E-state index in [2.05, 4.69) is 6.92 Å². The van der Waals surface area contributed by atoms with Crippen LogP contribution in [-0.2, 0) is 5.66 Å². The molecule has 0 amide bonds. The van der Waals surface area contributed by atoms with Gasteiger partial charge in [0.2, 0.25) is 0 Å². The molecule has 0 aliphatic carbocycles. The summed E-state index contributed by atoms with van der Waals surface area (Å²) in [6, 6.07) is 10.0. The zero-order valence-electron chi connectivity index (χ0n) is 11.7. The van der Waals surface area contributed by atoms with Crippen LogP contribution in [0.2, 0.25) is 0 Å². The van der Waals surface area contributed by atoms with Crippen molar-refractivity contribution in [1.29, 1.82) is 0 Å². The number of unbranched alkanes of at least 4 members (excludes halogenated alkanes) is 6. The third kappa shape index (κ3) is 5.65. The molecule has 1 aromatic carbocycles. The van der Waals surface area contributed by atoms with Crippen LogP contribution in [-0.4, -0.2) is 0 Å². The first kappa shape index (κ1) is 15.2. The fourth-order valence-corrected chi connectivity index (χ4v) is 2.27. The molecule has 18 heavy (non-hydrogen) atoms. The van der Waals surface area contributed by atoms with E-state index in [1.807, 2.05) is 30.3 Å². The van der Waals surface area contributed by atoms with Crippen LogP contribution in [0.5, 0.6) is 0 Å². The molecule has 0 bridgehead atoms. The van der Waals surface area contributed by atoms with Gasteiger partial charge in [-0.05, 0) is 18.4 Å². The van der Waals surface area contributed by atoms with E-state index < -0.39 is 5.66 Å². The van der Waals surface area contributed by atoms with Crippen molar-refractivity contribution in [2.24, 2.45) is 11.5 Å². The number of hydrogen-bond donors (Lipinski definition) is 2. The first-order chi connectivity index (χ1) is 8.67. The van der Waals surface area contributed by atoms with Crippen LogP contribution in [0.3, 0.4) is 0 Å². The van der Waals surface area contributed by atoms with E-state index in [0.717, 1.165) is 18.4 Å². The topological polar surface area (TPSA) is 52.0 Å². The van der Waals surface area contributed by atoms with Gasteiger partial charge in [-0.2, -0.15) is 0 Å². The third-order valence-corrected chi connectivity index (χ3v) is 3.51. The molecule has 0 aliphatic rings. The second kappa shape index (κ2) is 8.28. The molecule has 2 nitrogen and oxygen atoms in total. The van der Waals surface area contributed by atoms with Gasteiger partial charge >= 0.3 is 0 Å². The molecule has 4 N–H and O–H groups in total. The molecule has 0 heterocycles. The van der Waals surface area contributed by atoms with Crippen LogP contribution >= 0.6 is 0 Å². The number of rotatable bonds is 9. The van der Waals surface area contributed by atoms with Crippen LogP contribution in [0.25, 0.3) is 0 Å². The van der Waals surface area contributed by atoms with E-state index in [-0.39, 0.29) is 0 Å². The lowest BCUT2D eigenvalue weighted by Gasteiger charge is -2.25. The second-order valence-electron chi connectivity index (χ2n) is 5.28. The smallest absolute Gasteiger partial charge is 0.0899 e. The molecule has 0 aromatic heterocycles. The van der Waals surface area contributed by atoms with Crippen LogP contribution < -0.4 is 11.5 Å². The van der Waals surface area contributed by atoms with Crippen LogP contribution in [0.4, 0.5) is 0 Å². The highest BCUT2D eigenvalue weighted by Gasteiger charge is 2.20. The minimum Gasteiger partial charge on any atom is -0.310 e. The molecule has 0 radical (unpaired) electrons. The monoisotopic (exact) mass is 248 g/mol. The third-order valence-electron chi connectivity index (χ3n) is 3.51. The van der Waals surface area contributed by atoms with Crippen LogP contribution in [0, 0.1) is 0 Å². The Bertz CT molecular complexity index is 306. The van der Waals surface area contributed by atoms with Gasteiger partial charge in [0.15, 0.2) is 0 Å². The van der Waals surface area contributed by atoms with Gasteiger partial charge in [-0.25, -0.2) is 0 Å². The molecular weight excluding hydrogens is 220 g/mol. The summed E-state index contributed by atoms with van der Waals surface area (Å²) in [5.74, 6) is 0. The van der Waals surface area contributed by atoms with E-state index in [9.17, 15) is 0 Å². The molecule has 0 unspecified atom stereocenters. The minimum absolute atomic E-state index is 0.662. The summed E-state index contributed by atoms with van der Waals surface area (Å²) in [5, 5.41) is 0. The zero-order chi connectivity index (χ0) is 13.3. The van der Waals surface area contributed by atoms with Gasteiger partial charge < -0.3 is 11.5 Å². The largest absolute Gasteiger partial charge is 0.310 e. The summed E-state index contributed by atoms with van der Waals surface area (Å²) >= 11 is 0. The van der Waals surface area contributed by atoms with E-state index in [4.69, 9.17) is 11.5 Å². The van der Waals surface area contributed by atoms with Crippen molar-refractivity contribution in [2.45, 2.75) is 64.0 Å². The fourth-order valence-electron chi connectivity index (χ4n) is 2.27. The molecule has 0 aliphatic heterocycles. The standard InChI is InChI=1S/C16H28N2/c1-2-3-4-5-6-7-11-14-16(17,18)15-12-9-8-10-13-15/h8-10,12-13H,2-7,11,14,17-18H2,1H3. The Morgan fingerprint density at radius 3 is 2.00 bits per heavy atom. The lowest BCUT2D eigenvalue weighted by Crippen LogP contribution is -2.45. The highest BCUT2D eigenvalue weighted by atomic mass is 14.9. The van der Waals surface area contributed by atoms with Crippen LogP contribution in [0.1, 0.15) is 63.9 Å². The molecular formula is C16H28N2. The van der Waals surface area contributed by atoms with E-state index >= 15 is 0 Å². The van der Waals surface area contributed by atoms with Gasteiger partial charge in [-0.3, -0.25) is 0 Å². The van der Waals surface area contributed by atoms with Crippen molar-refractivity contribution in [3.8, 4) is 0 Å². The molecule has 0 saturated heterocycles. The Labute approximate surface area is 112 Å². The number of benzene rings is 1. The van der Waals surface area contributed by atoms with Gasteiger partial charge in [0.05, 0.1) is 5.66 Å². The SMILES string of the molecule is CCCCCCCCCC(N)(N)c1ccccc1. The molecule has 0 spiro atoms. The predicted molar refractivity (Wildman–Crippen MR) is 79.1 cm³/mol. The van der Waals surface area contributed by atoms with E-state index in [1.54, 1.807) is 0 Å². The average Bonchev–Trinajstić information content (AvgIpc) is 2.39. The maximum atomic E-state index is 6.18. The first-order valence-corrected chi connectivity index (χ1v) is 7.30. The summed E-state index contributed by atoms with van der Waals surface area (Å²) in [5.41, 5.74) is 12.7. The van der Waals surface area contributed by atoms with Crippen molar-refractivity contribution >= 4 is 0 Å². The van der Waals surface area contributed by atoms with Gasteiger partial charge in [0, 0.05) is 0 Å². The van der Waals surface area contributed by atoms with Gasteiger partial charge in [-0.1, -0.05) is 75.8 Å². The maximum Gasteiger partial charge on any atom is 0.0899 e. The molecule has 1 rings (SSSR count). The summed E-state index contributed by atoms with van der Waals surface area (Å²) in [6.45, 7) is 2.25. The Hall–Kier alpha value is -0.860. The van der Waals surface area contributed by atoms with Crippen molar-refractivity contribution in [3.05, 3.63) is 35.9 Å². The highest BCUT2D eigenvalue weighted by Crippen LogP contribution is 2.19. The van der Waals surface area contributed by atoms with Crippen molar-refractivity contribution in [2.75, 3.05) is 0 Å². The summed E-state index contributed by atoms with van der Waals surface area (Å²) in [6.07, 6.45) is 9.92. The summed E-state index contributed by atoms with van der Waals surface area (Å²) in [4.78, 5) is 0. The van der Waals surface area contributed by atoms with Gasteiger partial charge in [-0.15, -0.1) is 0 Å². The van der Waals surface area contributed by atoms with Crippen molar-refractivity contribution in [1.82, 2.24) is 0 Å². The summed E-state index contributed by atoms with van der Waals surface area (Å²) < 4.78 is 0. The molecule has 2 heteroatoms. The molecule has 0 fully saturated rings. The normalized spacial score (nSPS) is 11.7. The van der Waals surface area contributed by atoms with E-state index in [1.165, 1.54) is 38.5 Å². The Kier molecular flexibility index (Phi) is 6.99. The summed E-state index contributed by atoms with van der Waals surface area (Å²) in [7, 11) is 0. The molecule has 0 saturated carbocycles. The average molecular weight is 248 g/mol. The number of nitrogens with two attached hydrogens (primary N) is 2. The highest BCUT2D eigenvalue weighted by molar-refractivity contribution is 5.22. The number of hydrogen-bond acceptors (Lipinski definition) is 2. The lowest BCUT2D eigenvalue weighted by atomic mass is 9.94. The van der Waals surface area contributed by atoms with Gasteiger partial charge in [0.25, 0.3) is 0 Å². The molecule has 0 atom stereocenters. The predicted octanol–water partition coefficient (Wildman–Crippen LogP) is 3.90. The van der Waals surface area contributed by atoms with E-state index in [0.29, 0.717) is 0 Å². The first-order valence-electron chi connectivity index (χ1n) is 7.30. The molecule has 1 aromatic rings. The minimum atomic E-state index is -0.662.